The number of rotatable bonds is 5. The molecule has 2 bridgehead atoms. The Kier molecular flexibility index (Phi) is 4.04. The molecule has 1 saturated heterocycles. The van der Waals surface area contributed by atoms with Crippen molar-refractivity contribution in [3.05, 3.63) is 0 Å². The van der Waals surface area contributed by atoms with Crippen LogP contribution in [0.5, 0.6) is 0 Å². The highest BCUT2D eigenvalue weighted by molar-refractivity contribution is 4.99. The Morgan fingerprint density at radius 2 is 1.90 bits per heavy atom. The third kappa shape index (κ3) is 2.91. The van der Waals surface area contributed by atoms with Gasteiger partial charge in [-0.25, -0.2) is 0 Å². The second-order valence-electron chi connectivity index (χ2n) is 8.69. The molecular formula is C19H34N2. The summed E-state index contributed by atoms with van der Waals surface area (Å²) in [6.07, 6.45) is 10.5. The lowest BCUT2D eigenvalue weighted by Gasteiger charge is -2.44. The van der Waals surface area contributed by atoms with E-state index in [9.17, 15) is 0 Å². The van der Waals surface area contributed by atoms with Crippen LogP contribution < -0.4 is 5.32 Å². The van der Waals surface area contributed by atoms with Crippen molar-refractivity contribution in [3.8, 4) is 0 Å². The topological polar surface area (TPSA) is 15.3 Å². The molecule has 2 heteroatoms. The monoisotopic (exact) mass is 290 g/mol. The van der Waals surface area contributed by atoms with E-state index in [0.717, 1.165) is 41.7 Å². The molecule has 0 aromatic carbocycles. The van der Waals surface area contributed by atoms with Gasteiger partial charge in [0.2, 0.25) is 0 Å². The highest BCUT2D eigenvalue weighted by Crippen LogP contribution is 2.49. The zero-order valence-corrected chi connectivity index (χ0v) is 14.1. The van der Waals surface area contributed by atoms with Crippen LogP contribution in [0.15, 0.2) is 0 Å². The Labute approximate surface area is 131 Å². The van der Waals surface area contributed by atoms with E-state index in [1.54, 1.807) is 25.7 Å². The van der Waals surface area contributed by atoms with E-state index in [4.69, 9.17) is 0 Å². The molecule has 0 amide bonds. The molecule has 21 heavy (non-hydrogen) atoms. The SMILES string of the molecule is CCC(C)C1CN(CC2CC3CCC2C3)C(C2CC2)CN1. The first-order valence-corrected chi connectivity index (χ1v) is 9.72. The van der Waals surface area contributed by atoms with E-state index >= 15 is 0 Å². The Hall–Kier alpha value is -0.0800. The predicted molar refractivity (Wildman–Crippen MR) is 88.3 cm³/mol. The van der Waals surface area contributed by atoms with Gasteiger partial charge in [-0.3, -0.25) is 4.90 Å². The molecule has 4 fully saturated rings. The quantitative estimate of drug-likeness (QED) is 0.833. The van der Waals surface area contributed by atoms with Gasteiger partial charge in [0, 0.05) is 31.7 Å². The second-order valence-corrected chi connectivity index (χ2v) is 8.69. The van der Waals surface area contributed by atoms with E-state index in [0.29, 0.717) is 0 Å². The van der Waals surface area contributed by atoms with Crippen molar-refractivity contribution in [2.45, 2.75) is 70.9 Å². The maximum absolute atomic E-state index is 3.89. The fraction of sp³-hybridized carbons (Fsp3) is 1.00. The van der Waals surface area contributed by atoms with E-state index in [1.807, 2.05) is 0 Å². The molecule has 6 unspecified atom stereocenters. The molecule has 0 radical (unpaired) electrons. The zero-order chi connectivity index (χ0) is 14.4. The summed E-state index contributed by atoms with van der Waals surface area (Å²) in [6.45, 7) is 8.80. The molecule has 1 N–H and O–H groups in total. The summed E-state index contributed by atoms with van der Waals surface area (Å²) in [5.74, 6) is 5.08. The molecular weight excluding hydrogens is 256 g/mol. The van der Waals surface area contributed by atoms with Crippen molar-refractivity contribution in [3.63, 3.8) is 0 Å². The molecule has 6 atom stereocenters. The van der Waals surface area contributed by atoms with E-state index in [1.165, 1.54) is 38.9 Å². The molecule has 120 valence electrons. The van der Waals surface area contributed by atoms with Gasteiger partial charge in [0.15, 0.2) is 0 Å². The Morgan fingerprint density at radius 1 is 1.10 bits per heavy atom. The molecule has 0 aromatic rings. The van der Waals surface area contributed by atoms with Gasteiger partial charge in [-0.05, 0) is 61.7 Å². The molecule has 3 saturated carbocycles. The fourth-order valence-electron chi connectivity index (χ4n) is 5.58. The minimum Gasteiger partial charge on any atom is -0.311 e. The predicted octanol–water partition coefficient (Wildman–Crippen LogP) is 3.52. The molecule has 1 aliphatic heterocycles. The Balaban J connectivity index is 1.41. The van der Waals surface area contributed by atoms with Crippen LogP contribution in [0.25, 0.3) is 0 Å². The lowest BCUT2D eigenvalue weighted by Crippen LogP contribution is -2.60. The van der Waals surface area contributed by atoms with Crippen LogP contribution in [0.2, 0.25) is 0 Å². The number of hydrogen-bond donors (Lipinski definition) is 1. The summed E-state index contributed by atoms with van der Waals surface area (Å²) < 4.78 is 0. The van der Waals surface area contributed by atoms with Gasteiger partial charge < -0.3 is 5.32 Å². The third-order valence-corrected chi connectivity index (χ3v) is 7.34. The second kappa shape index (κ2) is 5.85. The van der Waals surface area contributed by atoms with Gasteiger partial charge in [0.1, 0.15) is 0 Å². The molecule has 0 aromatic heterocycles. The number of fused-ring (bicyclic) bond motifs is 2. The number of hydrogen-bond acceptors (Lipinski definition) is 2. The van der Waals surface area contributed by atoms with Crippen molar-refractivity contribution in [1.82, 2.24) is 10.2 Å². The first kappa shape index (κ1) is 14.5. The summed E-state index contributed by atoms with van der Waals surface area (Å²) in [4.78, 5) is 2.94. The molecule has 0 spiro atoms. The van der Waals surface area contributed by atoms with Crippen molar-refractivity contribution in [1.29, 1.82) is 0 Å². The normalized spacial score (nSPS) is 45.1. The molecule has 3 aliphatic carbocycles. The summed E-state index contributed by atoms with van der Waals surface area (Å²) in [6, 6.07) is 1.60. The first-order valence-electron chi connectivity index (χ1n) is 9.72. The van der Waals surface area contributed by atoms with Crippen molar-refractivity contribution in [2.75, 3.05) is 19.6 Å². The summed E-state index contributed by atoms with van der Waals surface area (Å²) in [5, 5.41) is 3.89. The van der Waals surface area contributed by atoms with Gasteiger partial charge in [0.25, 0.3) is 0 Å². The third-order valence-electron chi connectivity index (χ3n) is 7.34. The highest BCUT2D eigenvalue weighted by Gasteiger charge is 2.44. The molecule has 2 nitrogen and oxygen atoms in total. The van der Waals surface area contributed by atoms with Crippen molar-refractivity contribution < 1.29 is 0 Å². The fourth-order valence-corrected chi connectivity index (χ4v) is 5.58. The van der Waals surface area contributed by atoms with Crippen LogP contribution in [0.3, 0.4) is 0 Å². The van der Waals surface area contributed by atoms with Crippen LogP contribution in [0, 0.1) is 29.6 Å². The average molecular weight is 290 g/mol. The van der Waals surface area contributed by atoms with Crippen LogP contribution >= 0.6 is 0 Å². The smallest absolute Gasteiger partial charge is 0.0249 e. The largest absolute Gasteiger partial charge is 0.311 e. The van der Waals surface area contributed by atoms with Crippen molar-refractivity contribution >= 4 is 0 Å². The molecule has 4 rings (SSSR count). The van der Waals surface area contributed by atoms with Crippen LogP contribution in [-0.4, -0.2) is 36.6 Å². The van der Waals surface area contributed by atoms with E-state index in [2.05, 4.69) is 24.1 Å². The Morgan fingerprint density at radius 3 is 2.52 bits per heavy atom. The van der Waals surface area contributed by atoms with Gasteiger partial charge in [-0.1, -0.05) is 26.7 Å². The summed E-state index contributed by atoms with van der Waals surface area (Å²) >= 11 is 0. The minimum atomic E-state index is 0.739. The Bertz CT molecular complexity index is 365. The molecule has 1 heterocycles. The summed E-state index contributed by atoms with van der Waals surface area (Å²) in [5.41, 5.74) is 0. The maximum atomic E-state index is 3.89. The van der Waals surface area contributed by atoms with Crippen LogP contribution in [-0.2, 0) is 0 Å². The molecule has 4 aliphatic rings. The van der Waals surface area contributed by atoms with Crippen LogP contribution in [0.4, 0.5) is 0 Å². The van der Waals surface area contributed by atoms with Gasteiger partial charge in [0.05, 0.1) is 0 Å². The van der Waals surface area contributed by atoms with Gasteiger partial charge >= 0.3 is 0 Å². The average Bonchev–Trinajstić information content (AvgIpc) is 3.14. The van der Waals surface area contributed by atoms with Gasteiger partial charge in [-0.15, -0.1) is 0 Å². The van der Waals surface area contributed by atoms with E-state index < -0.39 is 0 Å². The first-order chi connectivity index (χ1) is 10.2. The van der Waals surface area contributed by atoms with E-state index in [-0.39, 0.29) is 0 Å². The zero-order valence-electron chi connectivity index (χ0n) is 14.1. The highest BCUT2D eigenvalue weighted by atomic mass is 15.2. The number of nitrogens with one attached hydrogen (secondary N) is 1. The lowest BCUT2D eigenvalue weighted by molar-refractivity contribution is 0.0692. The number of nitrogens with zero attached hydrogens (tertiary/aromatic N) is 1. The minimum absolute atomic E-state index is 0.739. The lowest BCUT2D eigenvalue weighted by atomic mass is 9.86. The standard InChI is InChI=1S/C19H34N2/c1-3-13(2)18-12-21(19(10-20-18)15-6-7-15)11-17-9-14-4-5-16(17)8-14/h13-20H,3-12H2,1-2H3. The van der Waals surface area contributed by atoms with Crippen LogP contribution in [0.1, 0.15) is 58.8 Å². The number of piperazine rings is 1. The van der Waals surface area contributed by atoms with Gasteiger partial charge in [-0.2, -0.15) is 0 Å². The summed E-state index contributed by atoms with van der Waals surface area (Å²) in [7, 11) is 0. The van der Waals surface area contributed by atoms with Crippen molar-refractivity contribution in [2.24, 2.45) is 29.6 Å². The maximum Gasteiger partial charge on any atom is 0.0249 e.